The molecule has 3 rings (SSSR count). The number of aromatic nitrogens is 1. The topological polar surface area (TPSA) is 59.1 Å². The van der Waals surface area contributed by atoms with Crippen molar-refractivity contribution in [1.82, 2.24) is 4.98 Å². The highest BCUT2D eigenvalue weighted by molar-refractivity contribution is 7.93. The van der Waals surface area contributed by atoms with Crippen LogP contribution >= 0.6 is 0 Å². The summed E-state index contributed by atoms with van der Waals surface area (Å²) in [5, 5.41) is 1.59. The highest BCUT2D eigenvalue weighted by Crippen LogP contribution is 2.24. The van der Waals surface area contributed by atoms with Gasteiger partial charge in [0.1, 0.15) is 0 Å². The van der Waals surface area contributed by atoms with Crippen LogP contribution in [0.1, 0.15) is 5.56 Å². The summed E-state index contributed by atoms with van der Waals surface area (Å²) in [6.07, 6.45) is 3.17. The summed E-state index contributed by atoms with van der Waals surface area (Å²) in [5.74, 6) is 0. The molecular formula is C16H14N2O2S. The molecule has 1 aromatic heterocycles. The number of anilines is 1. The van der Waals surface area contributed by atoms with Crippen molar-refractivity contribution in [2.75, 3.05) is 4.72 Å². The van der Waals surface area contributed by atoms with Gasteiger partial charge in [-0.1, -0.05) is 36.4 Å². The van der Waals surface area contributed by atoms with Crippen molar-refractivity contribution in [3.8, 4) is 0 Å². The predicted octanol–water partition coefficient (Wildman–Crippen LogP) is 3.34. The number of aryl methyl sites for hydroxylation is 1. The van der Waals surface area contributed by atoms with Gasteiger partial charge in [0, 0.05) is 11.6 Å². The molecule has 0 amide bonds. The molecule has 0 fully saturated rings. The Bertz CT molecular complexity index is 900. The zero-order valence-electron chi connectivity index (χ0n) is 11.4. The van der Waals surface area contributed by atoms with Gasteiger partial charge in [0.2, 0.25) is 0 Å². The lowest BCUT2D eigenvalue weighted by Crippen LogP contribution is -2.13. The van der Waals surface area contributed by atoms with E-state index in [-0.39, 0.29) is 4.90 Å². The van der Waals surface area contributed by atoms with E-state index in [4.69, 9.17) is 0 Å². The Labute approximate surface area is 123 Å². The Hall–Kier alpha value is -2.40. The molecule has 1 N–H and O–H groups in total. The fraction of sp³-hybridized carbons (Fsp3) is 0.0625. The maximum atomic E-state index is 12.6. The van der Waals surface area contributed by atoms with Gasteiger partial charge in [-0.25, -0.2) is 8.42 Å². The second-order valence-corrected chi connectivity index (χ2v) is 6.48. The number of rotatable bonds is 3. The first-order chi connectivity index (χ1) is 10.1. The van der Waals surface area contributed by atoms with Crippen molar-refractivity contribution >= 4 is 26.5 Å². The molecule has 0 saturated carbocycles. The van der Waals surface area contributed by atoms with Crippen LogP contribution in [0.4, 0.5) is 5.69 Å². The van der Waals surface area contributed by atoms with Crippen molar-refractivity contribution in [3.05, 3.63) is 66.5 Å². The fourth-order valence-electron chi connectivity index (χ4n) is 2.25. The summed E-state index contributed by atoms with van der Waals surface area (Å²) in [5.41, 5.74) is 1.36. The predicted molar refractivity (Wildman–Crippen MR) is 83.7 cm³/mol. The Kier molecular flexibility index (Phi) is 3.35. The van der Waals surface area contributed by atoms with E-state index in [1.807, 2.05) is 31.2 Å². The smallest absolute Gasteiger partial charge is 0.262 e. The van der Waals surface area contributed by atoms with Crippen molar-refractivity contribution in [2.45, 2.75) is 11.8 Å². The molecule has 4 nitrogen and oxygen atoms in total. The number of benzene rings is 2. The monoisotopic (exact) mass is 298 g/mol. The number of nitrogens with one attached hydrogen (secondary N) is 1. The quantitative estimate of drug-likeness (QED) is 0.806. The SMILES string of the molecule is Cc1cncc(NS(=O)(=O)c2cccc3ccccc23)c1. The van der Waals surface area contributed by atoms with E-state index in [1.165, 1.54) is 6.20 Å². The molecule has 0 atom stereocenters. The lowest BCUT2D eigenvalue weighted by atomic mass is 10.1. The maximum Gasteiger partial charge on any atom is 0.262 e. The summed E-state index contributed by atoms with van der Waals surface area (Å²) in [4.78, 5) is 4.26. The van der Waals surface area contributed by atoms with E-state index in [9.17, 15) is 8.42 Å². The average molecular weight is 298 g/mol. The number of hydrogen-bond acceptors (Lipinski definition) is 3. The highest BCUT2D eigenvalue weighted by Gasteiger charge is 2.17. The van der Waals surface area contributed by atoms with Gasteiger partial charge in [-0.15, -0.1) is 0 Å². The molecular weight excluding hydrogens is 284 g/mol. The van der Waals surface area contributed by atoms with Gasteiger partial charge in [0.15, 0.2) is 0 Å². The van der Waals surface area contributed by atoms with Crippen molar-refractivity contribution in [3.63, 3.8) is 0 Å². The standard InChI is InChI=1S/C16H14N2O2S/c1-12-9-14(11-17-10-12)18-21(19,20)16-8-4-6-13-5-2-3-7-15(13)16/h2-11,18H,1H3. The van der Waals surface area contributed by atoms with Gasteiger partial charge in [0.25, 0.3) is 10.0 Å². The Morgan fingerprint density at radius 2 is 1.76 bits per heavy atom. The first kappa shape index (κ1) is 13.6. The minimum atomic E-state index is -3.65. The molecule has 2 aromatic carbocycles. The normalized spacial score (nSPS) is 11.5. The van der Waals surface area contributed by atoms with Crippen molar-refractivity contribution in [2.24, 2.45) is 0 Å². The minimum Gasteiger partial charge on any atom is -0.278 e. The zero-order valence-corrected chi connectivity index (χ0v) is 12.3. The number of fused-ring (bicyclic) bond motifs is 1. The number of sulfonamides is 1. The van der Waals surface area contributed by atoms with E-state index in [0.717, 1.165) is 10.9 Å². The number of nitrogens with zero attached hydrogens (tertiary/aromatic N) is 1. The molecule has 0 unspecified atom stereocenters. The molecule has 0 radical (unpaired) electrons. The highest BCUT2D eigenvalue weighted by atomic mass is 32.2. The van der Waals surface area contributed by atoms with Gasteiger partial charge < -0.3 is 0 Å². The van der Waals surface area contributed by atoms with Crippen LogP contribution in [-0.4, -0.2) is 13.4 Å². The molecule has 106 valence electrons. The molecule has 5 heteroatoms. The van der Waals surface area contributed by atoms with E-state index in [1.54, 1.807) is 30.5 Å². The minimum absolute atomic E-state index is 0.266. The van der Waals surface area contributed by atoms with Crippen LogP contribution in [0, 0.1) is 6.92 Å². The zero-order chi connectivity index (χ0) is 14.9. The van der Waals surface area contributed by atoms with Crippen LogP contribution in [-0.2, 0) is 10.0 Å². The van der Waals surface area contributed by atoms with Crippen LogP contribution < -0.4 is 4.72 Å². The molecule has 3 aromatic rings. The molecule has 21 heavy (non-hydrogen) atoms. The van der Waals surface area contributed by atoms with E-state index >= 15 is 0 Å². The summed E-state index contributed by atoms with van der Waals surface area (Å²) in [6, 6.07) is 14.4. The summed E-state index contributed by atoms with van der Waals surface area (Å²) >= 11 is 0. The lowest BCUT2D eigenvalue weighted by Gasteiger charge is -2.10. The molecule has 0 aliphatic carbocycles. The molecule has 0 bridgehead atoms. The first-order valence-electron chi connectivity index (χ1n) is 6.48. The third kappa shape index (κ3) is 2.73. The van der Waals surface area contributed by atoms with Crippen LogP contribution in [0.15, 0.2) is 65.8 Å². The van der Waals surface area contributed by atoms with Crippen LogP contribution in [0.25, 0.3) is 10.8 Å². The average Bonchev–Trinajstić information content (AvgIpc) is 2.46. The Morgan fingerprint density at radius 1 is 1.00 bits per heavy atom. The second-order valence-electron chi connectivity index (χ2n) is 4.83. The van der Waals surface area contributed by atoms with Gasteiger partial charge in [-0.05, 0) is 30.0 Å². The first-order valence-corrected chi connectivity index (χ1v) is 7.97. The van der Waals surface area contributed by atoms with E-state index in [2.05, 4.69) is 9.71 Å². The van der Waals surface area contributed by atoms with Crippen molar-refractivity contribution < 1.29 is 8.42 Å². The number of hydrogen-bond donors (Lipinski definition) is 1. The summed E-state index contributed by atoms with van der Waals surface area (Å²) in [6.45, 7) is 1.86. The molecule has 0 aliphatic heterocycles. The fourth-order valence-corrected chi connectivity index (χ4v) is 3.52. The lowest BCUT2D eigenvalue weighted by molar-refractivity contribution is 0.602. The van der Waals surface area contributed by atoms with Gasteiger partial charge in [-0.3, -0.25) is 9.71 Å². The number of pyridine rings is 1. The largest absolute Gasteiger partial charge is 0.278 e. The maximum absolute atomic E-state index is 12.6. The van der Waals surface area contributed by atoms with Gasteiger partial charge in [0.05, 0.1) is 16.8 Å². The van der Waals surface area contributed by atoms with Crippen LogP contribution in [0.3, 0.4) is 0 Å². The summed E-state index contributed by atoms with van der Waals surface area (Å²) < 4.78 is 27.8. The van der Waals surface area contributed by atoms with Gasteiger partial charge in [-0.2, -0.15) is 0 Å². The van der Waals surface area contributed by atoms with Crippen LogP contribution in [0.2, 0.25) is 0 Å². The molecule has 1 heterocycles. The van der Waals surface area contributed by atoms with Crippen molar-refractivity contribution in [1.29, 1.82) is 0 Å². The molecule has 0 saturated heterocycles. The third-order valence-electron chi connectivity index (χ3n) is 3.17. The second kappa shape index (κ2) is 5.18. The Balaban J connectivity index is 2.09. The Morgan fingerprint density at radius 3 is 2.57 bits per heavy atom. The van der Waals surface area contributed by atoms with E-state index < -0.39 is 10.0 Å². The molecule has 0 aliphatic rings. The summed E-state index contributed by atoms with van der Waals surface area (Å²) in [7, 11) is -3.65. The van der Waals surface area contributed by atoms with Gasteiger partial charge >= 0.3 is 0 Å². The third-order valence-corrected chi connectivity index (χ3v) is 4.61. The van der Waals surface area contributed by atoms with Crippen LogP contribution in [0.5, 0.6) is 0 Å². The van der Waals surface area contributed by atoms with E-state index in [0.29, 0.717) is 11.1 Å². The molecule has 0 spiro atoms.